The number of carbonyl (C=O) groups excluding carboxylic acids is 1. The minimum absolute atomic E-state index is 0.0916. The van der Waals surface area contributed by atoms with E-state index in [1.54, 1.807) is 25.3 Å². The third-order valence-corrected chi connectivity index (χ3v) is 5.46. The fourth-order valence-corrected chi connectivity index (χ4v) is 4.06. The second kappa shape index (κ2) is 7.89. The summed E-state index contributed by atoms with van der Waals surface area (Å²) >= 11 is 0. The van der Waals surface area contributed by atoms with E-state index < -0.39 is 17.8 Å². The van der Waals surface area contributed by atoms with Crippen LogP contribution in [0.3, 0.4) is 0 Å². The van der Waals surface area contributed by atoms with E-state index in [0.717, 1.165) is 38.5 Å². The number of carboxylic acids is 1. The summed E-state index contributed by atoms with van der Waals surface area (Å²) in [5, 5.41) is 9.43. The molecular formula is C20H26O5. The van der Waals surface area contributed by atoms with Crippen molar-refractivity contribution in [3.8, 4) is 11.5 Å². The van der Waals surface area contributed by atoms with Gasteiger partial charge in [-0.1, -0.05) is 12.8 Å². The monoisotopic (exact) mass is 346 g/mol. The van der Waals surface area contributed by atoms with Gasteiger partial charge in [0.2, 0.25) is 0 Å². The summed E-state index contributed by atoms with van der Waals surface area (Å²) in [5.74, 6) is -0.786. The highest BCUT2D eigenvalue weighted by Crippen LogP contribution is 2.36. The first-order chi connectivity index (χ1) is 12.1. The fourth-order valence-electron chi connectivity index (χ4n) is 4.06. The summed E-state index contributed by atoms with van der Waals surface area (Å²) < 4.78 is 11.4. The van der Waals surface area contributed by atoms with E-state index in [4.69, 9.17) is 9.47 Å². The highest BCUT2D eigenvalue weighted by Gasteiger charge is 2.36. The smallest absolute Gasteiger partial charge is 0.307 e. The van der Waals surface area contributed by atoms with Gasteiger partial charge < -0.3 is 14.6 Å². The van der Waals surface area contributed by atoms with Crippen molar-refractivity contribution >= 4 is 11.8 Å². The molecule has 0 saturated heterocycles. The lowest BCUT2D eigenvalue weighted by atomic mass is 9.75. The molecule has 1 aromatic rings. The Morgan fingerprint density at radius 3 is 2.24 bits per heavy atom. The van der Waals surface area contributed by atoms with E-state index in [1.165, 1.54) is 0 Å². The number of carbonyl (C=O) groups is 2. The first-order valence-electron chi connectivity index (χ1n) is 9.22. The molecule has 5 nitrogen and oxygen atoms in total. The summed E-state index contributed by atoms with van der Waals surface area (Å²) in [6.07, 6.45) is 7.52. The molecule has 2 saturated carbocycles. The molecular weight excluding hydrogens is 320 g/mol. The van der Waals surface area contributed by atoms with Crippen LogP contribution in [0.1, 0.15) is 61.7 Å². The van der Waals surface area contributed by atoms with Gasteiger partial charge in [0.1, 0.15) is 0 Å². The van der Waals surface area contributed by atoms with Gasteiger partial charge >= 0.3 is 5.97 Å². The molecule has 0 amide bonds. The molecule has 0 aliphatic heterocycles. The van der Waals surface area contributed by atoms with Crippen molar-refractivity contribution < 1.29 is 24.2 Å². The lowest BCUT2D eigenvalue weighted by Crippen LogP contribution is -2.32. The third-order valence-electron chi connectivity index (χ3n) is 5.46. The van der Waals surface area contributed by atoms with Gasteiger partial charge in [0.15, 0.2) is 17.3 Å². The molecule has 25 heavy (non-hydrogen) atoms. The Bertz CT molecular complexity index is 633. The summed E-state index contributed by atoms with van der Waals surface area (Å²) in [5.41, 5.74) is 0.520. The standard InChI is InChI=1S/C20H26O5/c1-24-17-11-10-13(12-18(17)25-14-6-2-3-7-14)19(21)15-8-4-5-9-16(15)20(22)23/h10-12,14-16H,2-9H2,1H3,(H,22,23)/t15-,16+/m0/s1. The first-order valence-corrected chi connectivity index (χ1v) is 9.22. The average Bonchev–Trinajstić information content (AvgIpc) is 3.14. The molecule has 0 bridgehead atoms. The van der Waals surface area contributed by atoms with E-state index in [9.17, 15) is 14.7 Å². The lowest BCUT2D eigenvalue weighted by molar-refractivity contribution is -0.144. The maximum Gasteiger partial charge on any atom is 0.307 e. The number of hydrogen-bond acceptors (Lipinski definition) is 4. The summed E-state index contributed by atoms with van der Waals surface area (Å²) in [6, 6.07) is 5.19. The average molecular weight is 346 g/mol. The molecule has 2 fully saturated rings. The zero-order valence-electron chi connectivity index (χ0n) is 14.7. The van der Waals surface area contributed by atoms with Gasteiger partial charge in [-0.05, 0) is 56.7 Å². The summed E-state index contributed by atoms with van der Waals surface area (Å²) in [4.78, 5) is 24.4. The minimum atomic E-state index is -0.867. The Labute approximate surface area is 148 Å². The second-order valence-electron chi connectivity index (χ2n) is 7.09. The van der Waals surface area contributed by atoms with Crippen LogP contribution in [0.4, 0.5) is 0 Å². The molecule has 136 valence electrons. The molecule has 5 heteroatoms. The number of Topliss-reactive ketones (excluding diaryl/α,β-unsaturated/α-hetero) is 1. The number of ketones is 1. The van der Waals surface area contributed by atoms with E-state index in [0.29, 0.717) is 29.9 Å². The van der Waals surface area contributed by atoms with Crippen LogP contribution in [0.15, 0.2) is 18.2 Å². The summed E-state index contributed by atoms with van der Waals surface area (Å²) in [6.45, 7) is 0. The van der Waals surface area contributed by atoms with Gasteiger partial charge in [-0.25, -0.2) is 0 Å². The number of benzene rings is 1. The van der Waals surface area contributed by atoms with E-state index in [1.807, 2.05) is 0 Å². The Balaban J connectivity index is 1.82. The number of aliphatic carboxylic acids is 1. The molecule has 1 N–H and O–H groups in total. The van der Waals surface area contributed by atoms with Crippen LogP contribution in [-0.4, -0.2) is 30.1 Å². The van der Waals surface area contributed by atoms with Gasteiger partial charge in [-0.15, -0.1) is 0 Å². The van der Waals surface area contributed by atoms with Crippen molar-refractivity contribution in [2.75, 3.05) is 7.11 Å². The van der Waals surface area contributed by atoms with Crippen molar-refractivity contribution in [3.63, 3.8) is 0 Å². The number of carboxylic acid groups (broad SMARTS) is 1. The molecule has 2 aliphatic carbocycles. The summed E-state index contributed by atoms with van der Waals surface area (Å²) in [7, 11) is 1.58. The van der Waals surface area contributed by atoms with Crippen LogP contribution in [0.5, 0.6) is 11.5 Å². The number of ether oxygens (including phenoxy) is 2. The molecule has 2 aliphatic rings. The fraction of sp³-hybridized carbons (Fsp3) is 0.600. The van der Waals surface area contributed by atoms with Crippen LogP contribution < -0.4 is 9.47 Å². The highest BCUT2D eigenvalue weighted by atomic mass is 16.5. The lowest BCUT2D eigenvalue weighted by Gasteiger charge is -2.27. The van der Waals surface area contributed by atoms with Gasteiger partial charge in [-0.2, -0.15) is 0 Å². The predicted molar refractivity (Wildman–Crippen MR) is 93.3 cm³/mol. The van der Waals surface area contributed by atoms with Gasteiger partial charge in [-0.3, -0.25) is 9.59 Å². The quantitative estimate of drug-likeness (QED) is 0.785. The molecule has 0 radical (unpaired) electrons. The van der Waals surface area contributed by atoms with Crippen molar-refractivity contribution in [3.05, 3.63) is 23.8 Å². The van der Waals surface area contributed by atoms with Crippen molar-refractivity contribution in [1.29, 1.82) is 0 Å². The van der Waals surface area contributed by atoms with Crippen molar-refractivity contribution in [1.82, 2.24) is 0 Å². The van der Waals surface area contributed by atoms with E-state index >= 15 is 0 Å². The Kier molecular flexibility index (Phi) is 5.61. The molecule has 3 rings (SSSR count). The molecule has 0 spiro atoms. The first kappa shape index (κ1) is 17.8. The van der Waals surface area contributed by atoms with Crippen molar-refractivity contribution in [2.24, 2.45) is 11.8 Å². The number of methoxy groups -OCH3 is 1. The Morgan fingerprint density at radius 2 is 1.60 bits per heavy atom. The Morgan fingerprint density at radius 1 is 0.960 bits per heavy atom. The minimum Gasteiger partial charge on any atom is -0.493 e. The van der Waals surface area contributed by atoms with Crippen molar-refractivity contribution in [2.45, 2.75) is 57.5 Å². The molecule has 0 unspecified atom stereocenters. The highest BCUT2D eigenvalue weighted by molar-refractivity contribution is 6.00. The zero-order chi connectivity index (χ0) is 17.8. The van der Waals surface area contributed by atoms with Crippen LogP contribution in [0.2, 0.25) is 0 Å². The Hall–Kier alpha value is -2.04. The maximum atomic E-state index is 12.9. The molecule has 0 heterocycles. The van der Waals surface area contributed by atoms with Crippen LogP contribution in [0, 0.1) is 11.8 Å². The zero-order valence-corrected chi connectivity index (χ0v) is 14.7. The number of hydrogen-bond donors (Lipinski definition) is 1. The second-order valence-corrected chi connectivity index (χ2v) is 7.09. The van der Waals surface area contributed by atoms with E-state index in [-0.39, 0.29) is 11.9 Å². The molecule has 1 aromatic carbocycles. The topological polar surface area (TPSA) is 72.8 Å². The van der Waals surface area contributed by atoms with Crippen LogP contribution >= 0.6 is 0 Å². The SMILES string of the molecule is COc1ccc(C(=O)[C@H]2CCCC[C@H]2C(=O)O)cc1OC1CCCC1. The van der Waals surface area contributed by atoms with Gasteiger partial charge in [0, 0.05) is 11.5 Å². The number of rotatable bonds is 6. The van der Waals surface area contributed by atoms with Crippen LogP contribution in [0.25, 0.3) is 0 Å². The van der Waals surface area contributed by atoms with Gasteiger partial charge in [0.25, 0.3) is 0 Å². The largest absolute Gasteiger partial charge is 0.493 e. The predicted octanol–water partition coefficient (Wildman–Crippen LogP) is 4.09. The van der Waals surface area contributed by atoms with Crippen LogP contribution in [-0.2, 0) is 4.79 Å². The normalized spacial score (nSPS) is 24.0. The molecule has 0 aromatic heterocycles. The third kappa shape index (κ3) is 3.97. The van der Waals surface area contributed by atoms with Gasteiger partial charge in [0.05, 0.1) is 19.1 Å². The molecule has 2 atom stereocenters. The maximum absolute atomic E-state index is 12.9. The van der Waals surface area contributed by atoms with E-state index in [2.05, 4.69) is 0 Å².